The molecule has 1 amide bonds. The molecule has 0 radical (unpaired) electrons. The molecular weight excluding hydrogens is 505 g/mol. The standard InChI is InChI=1S/C28H24ClF3N2O3/c1-3-20-14-25(36)27-22(15-29)26(37-21-10-8-19(9-11-21)33-17(2)35)13-12-24(27)34(20)16-18-6-4-5-7-23(18)28(30,31)32/h4-14H,3,15-16H2,1-2H3,(H,33,35). The number of aromatic nitrogens is 1. The lowest BCUT2D eigenvalue weighted by Crippen LogP contribution is -2.18. The summed E-state index contributed by atoms with van der Waals surface area (Å²) in [5.41, 5.74) is 1.23. The third-order valence-corrected chi connectivity index (χ3v) is 6.25. The zero-order chi connectivity index (χ0) is 26.7. The van der Waals surface area contributed by atoms with Crippen LogP contribution in [0.3, 0.4) is 0 Å². The Morgan fingerprint density at radius 1 is 1.05 bits per heavy atom. The maximum atomic E-state index is 13.7. The molecule has 37 heavy (non-hydrogen) atoms. The average Bonchev–Trinajstić information content (AvgIpc) is 2.86. The molecule has 4 rings (SSSR count). The highest BCUT2D eigenvalue weighted by molar-refractivity contribution is 6.18. The molecule has 9 heteroatoms. The highest BCUT2D eigenvalue weighted by atomic mass is 35.5. The number of rotatable bonds is 7. The monoisotopic (exact) mass is 528 g/mol. The topological polar surface area (TPSA) is 60.3 Å². The number of nitrogens with zero attached hydrogens (tertiary/aromatic N) is 1. The minimum absolute atomic E-state index is 0.0451. The van der Waals surface area contributed by atoms with E-state index in [9.17, 15) is 22.8 Å². The summed E-state index contributed by atoms with van der Waals surface area (Å²) in [5, 5.41) is 2.97. The predicted molar refractivity (Wildman–Crippen MR) is 139 cm³/mol. The van der Waals surface area contributed by atoms with Crippen molar-refractivity contribution in [3.63, 3.8) is 0 Å². The van der Waals surface area contributed by atoms with Gasteiger partial charge in [0.05, 0.1) is 22.3 Å². The fourth-order valence-corrected chi connectivity index (χ4v) is 4.59. The molecular formula is C28H24ClF3N2O3. The maximum absolute atomic E-state index is 13.7. The van der Waals surface area contributed by atoms with Crippen LogP contribution < -0.4 is 15.5 Å². The summed E-state index contributed by atoms with van der Waals surface area (Å²) in [6, 6.07) is 16.9. The van der Waals surface area contributed by atoms with Gasteiger partial charge in [-0.25, -0.2) is 0 Å². The molecule has 1 aromatic heterocycles. The fourth-order valence-electron chi connectivity index (χ4n) is 4.32. The number of benzene rings is 3. The number of carbonyl (C=O) groups excluding carboxylic acids is 1. The smallest absolute Gasteiger partial charge is 0.416 e. The van der Waals surface area contributed by atoms with Crippen molar-refractivity contribution >= 4 is 34.1 Å². The van der Waals surface area contributed by atoms with Crippen LogP contribution in [0.25, 0.3) is 10.9 Å². The van der Waals surface area contributed by atoms with Gasteiger partial charge in [0.15, 0.2) is 5.43 Å². The highest BCUT2D eigenvalue weighted by Gasteiger charge is 2.33. The van der Waals surface area contributed by atoms with Crippen molar-refractivity contribution in [3.05, 3.63) is 99.3 Å². The molecule has 192 valence electrons. The number of alkyl halides is 4. The van der Waals surface area contributed by atoms with Gasteiger partial charge in [0.2, 0.25) is 5.91 Å². The molecule has 4 aromatic rings. The van der Waals surface area contributed by atoms with Crippen molar-refractivity contribution in [1.29, 1.82) is 0 Å². The third kappa shape index (κ3) is 5.64. The van der Waals surface area contributed by atoms with Crippen molar-refractivity contribution in [2.75, 3.05) is 5.32 Å². The van der Waals surface area contributed by atoms with Crippen LogP contribution in [0.1, 0.15) is 36.2 Å². The van der Waals surface area contributed by atoms with Gasteiger partial charge in [0.25, 0.3) is 0 Å². The van der Waals surface area contributed by atoms with Crippen LogP contribution in [0.15, 0.2) is 71.5 Å². The summed E-state index contributed by atoms with van der Waals surface area (Å²) in [6.07, 6.45) is -4.05. The van der Waals surface area contributed by atoms with Crippen LogP contribution >= 0.6 is 11.6 Å². The second-order valence-corrected chi connectivity index (χ2v) is 8.74. The van der Waals surface area contributed by atoms with Crippen molar-refractivity contribution in [2.45, 2.75) is 38.9 Å². The molecule has 0 fully saturated rings. The summed E-state index contributed by atoms with van der Waals surface area (Å²) in [6.45, 7) is 3.18. The number of amides is 1. The molecule has 0 atom stereocenters. The zero-order valence-electron chi connectivity index (χ0n) is 20.2. The molecule has 0 unspecified atom stereocenters. The Bertz CT molecular complexity index is 1510. The summed E-state index contributed by atoms with van der Waals surface area (Å²) in [4.78, 5) is 24.4. The normalized spacial score (nSPS) is 11.5. The number of anilines is 1. The number of nitrogens with one attached hydrogen (secondary N) is 1. The Labute approximate surface area is 216 Å². The van der Waals surface area contributed by atoms with Crippen molar-refractivity contribution < 1.29 is 22.7 Å². The molecule has 0 bridgehead atoms. The first-order chi connectivity index (χ1) is 17.6. The molecule has 0 aliphatic carbocycles. The predicted octanol–water partition coefficient (Wildman–Crippen LogP) is 7.12. The first-order valence-corrected chi connectivity index (χ1v) is 12.1. The molecule has 3 aromatic carbocycles. The van der Waals surface area contributed by atoms with Crippen molar-refractivity contribution in [3.8, 4) is 11.5 Å². The molecule has 1 N–H and O–H groups in total. The van der Waals surface area contributed by atoms with Gasteiger partial charge in [0, 0.05) is 36.5 Å². The van der Waals surface area contributed by atoms with E-state index in [2.05, 4.69) is 5.32 Å². The lowest BCUT2D eigenvalue weighted by atomic mass is 10.0. The van der Waals surface area contributed by atoms with E-state index < -0.39 is 11.7 Å². The lowest BCUT2D eigenvalue weighted by Gasteiger charge is -2.21. The Morgan fingerprint density at radius 2 is 1.76 bits per heavy atom. The molecule has 0 aliphatic heterocycles. The van der Waals surface area contributed by atoms with E-state index in [0.717, 1.165) is 6.07 Å². The van der Waals surface area contributed by atoms with Gasteiger partial charge in [-0.2, -0.15) is 13.2 Å². The van der Waals surface area contributed by atoms with Crippen LogP contribution in [0.2, 0.25) is 0 Å². The molecule has 5 nitrogen and oxygen atoms in total. The van der Waals surface area contributed by atoms with E-state index in [1.165, 1.54) is 25.1 Å². The van der Waals surface area contributed by atoms with E-state index in [0.29, 0.717) is 45.8 Å². The zero-order valence-corrected chi connectivity index (χ0v) is 20.9. The van der Waals surface area contributed by atoms with Crippen LogP contribution in [-0.4, -0.2) is 10.5 Å². The lowest BCUT2D eigenvalue weighted by molar-refractivity contribution is -0.138. The van der Waals surface area contributed by atoms with E-state index in [4.69, 9.17) is 16.3 Å². The summed E-state index contributed by atoms with van der Waals surface area (Å²) < 4.78 is 48.7. The van der Waals surface area contributed by atoms with Crippen LogP contribution in [0, 0.1) is 0 Å². The minimum Gasteiger partial charge on any atom is -0.457 e. The Morgan fingerprint density at radius 3 is 2.38 bits per heavy atom. The number of pyridine rings is 1. The van der Waals surface area contributed by atoms with Crippen LogP contribution in [0.5, 0.6) is 11.5 Å². The summed E-state index contributed by atoms with van der Waals surface area (Å²) in [7, 11) is 0. The number of fused-ring (bicyclic) bond motifs is 1. The second kappa shape index (κ2) is 10.7. The molecule has 0 saturated carbocycles. The number of ether oxygens (including phenoxy) is 1. The second-order valence-electron chi connectivity index (χ2n) is 8.47. The van der Waals surface area contributed by atoms with Gasteiger partial charge >= 0.3 is 6.18 Å². The number of hydrogen-bond donors (Lipinski definition) is 1. The van der Waals surface area contributed by atoms with E-state index in [-0.39, 0.29) is 29.3 Å². The number of hydrogen-bond acceptors (Lipinski definition) is 3. The van der Waals surface area contributed by atoms with Crippen molar-refractivity contribution in [1.82, 2.24) is 4.57 Å². The van der Waals surface area contributed by atoms with Crippen LogP contribution in [-0.2, 0) is 29.8 Å². The first kappa shape index (κ1) is 26.3. The molecule has 0 aliphatic rings. The largest absolute Gasteiger partial charge is 0.457 e. The van der Waals surface area contributed by atoms with E-state index >= 15 is 0 Å². The summed E-state index contributed by atoms with van der Waals surface area (Å²) in [5.74, 6) is 0.576. The fraction of sp³-hybridized carbons (Fsp3) is 0.214. The quantitative estimate of drug-likeness (QED) is 0.260. The average molecular weight is 529 g/mol. The number of aryl methyl sites for hydroxylation is 1. The first-order valence-electron chi connectivity index (χ1n) is 11.6. The van der Waals surface area contributed by atoms with E-state index in [1.54, 1.807) is 47.0 Å². The third-order valence-electron chi connectivity index (χ3n) is 5.98. The van der Waals surface area contributed by atoms with Gasteiger partial charge in [-0.05, 0) is 54.4 Å². The highest BCUT2D eigenvalue weighted by Crippen LogP contribution is 2.35. The SMILES string of the molecule is CCc1cc(=O)c2c(CCl)c(Oc3ccc(NC(C)=O)cc3)ccc2n1Cc1ccccc1C(F)(F)F. The Kier molecular flexibility index (Phi) is 7.59. The molecule has 0 saturated heterocycles. The van der Waals surface area contributed by atoms with E-state index in [1.807, 2.05) is 6.92 Å². The Hall–Kier alpha value is -3.78. The molecule has 1 heterocycles. The maximum Gasteiger partial charge on any atom is 0.416 e. The minimum atomic E-state index is -4.50. The van der Waals surface area contributed by atoms with Crippen molar-refractivity contribution in [2.24, 2.45) is 0 Å². The van der Waals surface area contributed by atoms with Gasteiger partial charge in [0.1, 0.15) is 11.5 Å². The Balaban J connectivity index is 1.81. The number of carbonyl (C=O) groups is 1. The van der Waals surface area contributed by atoms with Gasteiger partial charge in [-0.15, -0.1) is 11.6 Å². The van der Waals surface area contributed by atoms with Crippen LogP contribution in [0.4, 0.5) is 18.9 Å². The molecule has 0 spiro atoms. The van der Waals surface area contributed by atoms with Gasteiger partial charge < -0.3 is 14.6 Å². The van der Waals surface area contributed by atoms with Gasteiger partial charge in [-0.1, -0.05) is 25.1 Å². The summed E-state index contributed by atoms with van der Waals surface area (Å²) >= 11 is 6.28. The number of halogens is 4. The van der Waals surface area contributed by atoms with Gasteiger partial charge in [-0.3, -0.25) is 9.59 Å².